The van der Waals surface area contributed by atoms with Crippen LogP contribution < -0.4 is 10.5 Å². The number of nitrogen functional groups attached to an aromatic ring is 1. The van der Waals surface area contributed by atoms with Gasteiger partial charge in [-0.2, -0.15) is 0 Å². The molecular weight excluding hydrogens is 218 g/mol. The van der Waals surface area contributed by atoms with Crippen molar-refractivity contribution in [3.63, 3.8) is 0 Å². The van der Waals surface area contributed by atoms with Crippen molar-refractivity contribution in [1.29, 1.82) is 0 Å². The zero-order valence-electron chi connectivity index (χ0n) is 7.90. The van der Waals surface area contributed by atoms with E-state index in [0.29, 0.717) is 22.4 Å². The summed E-state index contributed by atoms with van der Waals surface area (Å²) in [4.78, 5) is 7.78. The van der Waals surface area contributed by atoms with Crippen LogP contribution in [0.25, 0.3) is 11.3 Å². The Balaban J connectivity index is 2.52. The Bertz CT molecular complexity index is 484. The number of rotatable bonds is 2. The number of oxazole rings is 1. The Hall–Kier alpha value is -1.75. The molecule has 0 aromatic carbocycles. The molecule has 0 unspecified atom stereocenters. The van der Waals surface area contributed by atoms with Gasteiger partial charge < -0.3 is 14.9 Å². The molecule has 0 saturated heterocycles. The quantitative estimate of drug-likeness (QED) is 0.791. The van der Waals surface area contributed by atoms with Gasteiger partial charge in [-0.1, -0.05) is 11.6 Å². The Morgan fingerprint density at radius 2 is 2.27 bits per heavy atom. The number of hydrogen-bond donors (Lipinski definition) is 1. The van der Waals surface area contributed by atoms with E-state index in [0.717, 1.165) is 0 Å². The van der Waals surface area contributed by atoms with E-state index in [9.17, 15) is 0 Å². The smallest absolute Gasteiger partial charge is 0.292 e. The lowest BCUT2D eigenvalue weighted by molar-refractivity contribution is 0.398. The molecule has 15 heavy (non-hydrogen) atoms. The van der Waals surface area contributed by atoms with Crippen LogP contribution in [0.2, 0.25) is 5.15 Å². The zero-order chi connectivity index (χ0) is 10.8. The molecule has 0 aliphatic rings. The van der Waals surface area contributed by atoms with E-state index in [1.807, 2.05) is 0 Å². The number of methoxy groups -OCH3 is 1. The molecule has 2 aromatic heterocycles. The maximum absolute atomic E-state index is 5.73. The lowest BCUT2D eigenvalue weighted by atomic mass is 10.2. The second-order valence-electron chi connectivity index (χ2n) is 2.75. The summed E-state index contributed by atoms with van der Waals surface area (Å²) >= 11 is 5.73. The highest BCUT2D eigenvalue weighted by Crippen LogP contribution is 2.30. The predicted molar refractivity (Wildman–Crippen MR) is 55.7 cm³/mol. The Kier molecular flexibility index (Phi) is 2.47. The molecule has 0 amide bonds. The third-order valence-electron chi connectivity index (χ3n) is 1.81. The highest BCUT2D eigenvalue weighted by molar-refractivity contribution is 6.29. The fraction of sp³-hybridized carbons (Fsp3) is 0.111. The number of nitrogens with zero attached hydrogens (tertiary/aromatic N) is 2. The Morgan fingerprint density at radius 3 is 2.87 bits per heavy atom. The monoisotopic (exact) mass is 225 g/mol. The van der Waals surface area contributed by atoms with Gasteiger partial charge in [0.15, 0.2) is 5.76 Å². The van der Waals surface area contributed by atoms with Gasteiger partial charge in [0.1, 0.15) is 5.15 Å². The summed E-state index contributed by atoms with van der Waals surface area (Å²) in [5, 5.41) is 0.350. The molecule has 78 valence electrons. The molecule has 0 bridgehead atoms. The van der Waals surface area contributed by atoms with Crippen molar-refractivity contribution in [1.82, 2.24) is 9.97 Å². The summed E-state index contributed by atoms with van der Waals surface area (Å²) in [6, 6.07) is 3.47. The average molecular weight is 226 g/mol. The van der Waals surface area contributed by atoms with Crippen molar-refractivity contribution >= 4 is 17.6 Å². The summed E-state index contributed by atoms with van der Waals surface area (Å²) in [6.45, 7) is 0. The van der Waals surface area contributed by atoms with Crippen LogP contribution in [0.1, 0.15) is 0 Å². The number of anilines is 1. The standard InChI is InChI=1S/C9H8ClN3O2/c1-14-8-5(2-3-7(10)13-8)6-4-12-9(11)15-6/h2-4H,1H3,(H2,11,12). The fourth-order valence-electron chi connectivity index (χ4n) is 1.17. The summed E-state index contributed by atoms with van der Waals surface area (Å²) in [6.07, 6.45) is 1.50. The van der Waals surface area contributed by atoms with Gasteiger partial charge in [0.05, 0.1) is 18.9 Å². The van der Waals surface area contributed by atoms with E-state index in [-0.39, 0.29) is 6.01 Å². The predicted octanol–water partition coefficient (Wildman–Crippen LogP) is 1.98. The van der Waals surface area contributed by atoms with Crippen LogP contribution in [0, 0.1) is 0 Å². The van der Waals surface area contributed by atoms with Gasteiger partial charge in [0.25, 0.3) is 6.01 Å². The fourth-order valence-corrected chi connectivity index (χ4v) is 1.31. The number of nitrogens with two attached hydrogens (primary N) is 1. The molecule has 2 aromatic rings. The topological polar surface area (TPSA) is 74.2 Å². The molecule has 2 heterocycles. The van der Waals surface area contributed by atoms with E-state index in [1.54, 1.807) is 12.1 Å². The Morgan fingerprint density at radius 1 is 1.47 bits per heavy atom. The number of aromatic nitrogens is 2. The van der Waals surface area contributed by atoms with Crippen molar-refractivity contribution in [3.8, 4) is 17.2 Å². The van der Waals surface area contributed by atoms with Gasteiger partial charge in [-0.05, 0) is 12.1 Å². The molecule has 2 N–H and O–H groups in total. The number of halogens is 1. The van der Waals surface area contributed by atoms with Gasteiger partial charge in [-0.15, -0.1) is 0 Å². The average Bonchev–Trinajstić information content (AvgIpc) is 2.64. The molecule has 2 rings (SSSR count). The molecule has 0 spiro atoms. The van der Waals surface area contributed by atoms with E-state index in [4.69, 9.17) is 26.5 Å². The molecule has 0 saturated carbocycles. The maximum atomic E-state index is 5.73. The van der Waals surface area contributed by atoms with Crippen LogP contribution in [0.3, 0.4) is 0 Å². The molecule has 0 atom stereocenters. The van der Waals surface area contributed by atoms with E-state index >= 15 is 0 Å². The van der Waals surface area contributed by atoms with Crippen LogP contribution in [0.15, 0.2) is 22.7 Å². The van der Waals surface area contributed by atoms with E-state index in [1.165, 1.54) is 13.3 Å². The summed E-state index contributed by atoms with van der Waals surface area (Å²) in [5.74, 6) is 0.868. The summed E-state index contributed by atoms with van der Waals surface area (Å²) in [7, 11) is 1.50. The van der Waals surface area contributed by atoms with E-state index < -0.39 is 0 Å². The first-order valence-electron chi connectivity index (χ1n) is 4.13. The minimum absolute atomic E-state index is 0.0991. The summed E-state index contributed by atoms with van der Waals surface area (Å²) in [5.41, 5.74) is 6.03. The Labute approximate surface area is 90.8 Å². The van der Waals surface area contributed by atoms with Gasteiger partial charge in [0.2, 0.25) is 5.88 Å². The lowest BCUT2D eigenvalue weighted by Crippen LogP contribution is -1.91. The van der Waals surface area contributed by atoms with Crippen LogP contribution in [-0.4, -0.2) is 17.1 Å². The third kappa shape index (κ3) is 1.87. The first-order chi connectivity index (χ1) is 7.20. The molecule has 0 radical (unpaired) electrons. The zero-order valence-corrected chi connectivity index (χ0v) is 8.65. The normalized spacial score (nSPS) is 10.3. The molecule has 0 aliphatic heterocycles. The first-order valence-corrected chi connectivity index (χ1v) is 4.50. The molecule has 5 nitrogen and oxygen atoms in total. The lowest BCUT2D eigenvalue weighted by Gasteiger charge is -2.03. The van der Waals surface area contributed by atoms with Crippen LogP contribution in [0.5, 0.6) is 5.88 Å². The van der Waals surface area contributed by atoms with E-state index in [2.05, 4.69) is 9.97 Å². The SMILES string of the molecule is COc1nc(Cl)ccc1-c1cnc(N)o1. The molecule has 0 aliphatic carbocycles. The van der Waals surface area contributed by atoms with Crippen molar-refractivity contribution in [3.05, 3.63) is 23.5 Å². The van der Waals surface area contributed by atoms with Crippen LogP contribution >= 0.6 is 11.6 Å². The number of ether oxygens (including phenoxy) is 1. The second kappa shape index (κ2) is 3.78. The maximum Gasteiger partial charge on any atom is 0.292 e. The van der Waals surface area contributed by atoms with Gasteiger partial charge in [-0.25, -0.2) is 9.97 Å². The molecule has 6 heteroatoms. The summed E-state index contributed by atoms with van der Waals surface area (Å²) < 4.78 is 10.2. The van der Waals surface area contributed by atoms with Crippen LogP contribution in [-0.2, 0) is 0 Å². The van der Waals surface area contributed by atoms with Gasteiger partial charge in [0, 0.05) is 0 Å². The third-order valence-corrected chi connectivity index (χ3v) is 2.02. The first kappa shape index (κ1) is 9.79. The molecular formula is C9H8ClN3O2. The van der Waals surface area contributed by atoms with Gasteiger partial charge >= 0.3 is 0 Å². The second-order valence-corrected chi connectivity index (χ2v) is 3.14. The van der Waals surface area contributed by atoms with Crippen molar-refractivity contribution in [2.45, 2.75) is 0 Å². The largest absolute Gasteiger partial charge is 0.480 e. The molecule has 0 fully saturated rings. The van der Waals surface area contributed by atoms with Crippen molar-refractivity contribution < 1.29 is 9.15 Å². The minimum atomic E-state index is 0.0991. The number of hydrogen-bond acceptors (Lipinski definition) is 5. The van der Waals surface area contributed by atoms with Crippen LogP contribution in [0.4, 0.5) is 6.01 Å². The van der Waals surface area contributed by atoms with Gasteiger partial charge in [-0.3, -0.25) is 0 Å². The van der Waals surface area contributed by atoms with Crippen molar-refractivity contribution in [2.24, 2.45) is 0 Å². The highest BCUT2D eigenvalue weighted by Gasteiger charge is 2.12. The van der Waals surface area contributed by atoms with Crippen molar-refractivity contribution in [2.75, 3.05) is 12.8 Å². The highest BCUT2D eigenvalue weighted by atomic mass is 35.5. The minimum Gasteiger partial charge on any atom is -0.480 e. The number of pyridine rings is 1.